The number of ether oxygens (including phenoxy) is 1. The molecule has 0 saturated heterocycles. The van der Waals surface area contributed by atoms with E-state index in [1.807, 2.05) is 12.1 Å². The minimum atomic E-state index is -5.07. The summed E-state index contributed by atoms with van der Waals surface area (Å²) < 4.78 is 43.8. The fourth-order valence-corrected chi connectivity index (χ4v) is 3.05. The molecule has 1 aliphatic heterocycles. The molecule has 3 rings (SSSR count). The number of benzene rings is 1. The average Bonchev–Trinajstić information content (AvgIpc) is 2.81. The zero-order valence-corrected chi connectivity index (χ0v) is 12.8. The van der Waals surface area contributed by atoms with Crippen molar-refractivity contribution in [3.63, 3.8) is 0 Å². The molecule has 1 aromatic heterocycles. The molecular formula is C16H15F3N2O3. The van der Waals surface area contributed by atoms with E-state index in [0.29, 0.717) is 18.7 Å². The summed E-state index contributed by atoms with van der Waals surface area (Å²) >= 11 is 0. The van der Waals surface area contributed by atoms with Gasteiger partial charge in [-0.3, -0.25) is 10.1 Å². The molecule has 0 radical (unpaired) electrons. The van der Waals surface area contributed by atoms with Crippen LogP contribution in [0.2, 0.25) is 0 Å². The van der Waals surface area contributed by atoms with Gasteiger partial charge in [-0.15, -0.1) is 0 Å². The van der Waals surface area contributed by atoms with Gasteiger partial charge in [0.1, 0.15) is 5.78 Å². The second kappa shape index (κ2) is 5.94. The van der Waals surface area contributed by atoms with Crippen molar-refractivity contribution < 1.29 is 27.5 Å². The molecule has 1 aromatic carbocycles. The number of ketones is 1. The van der Waals surface area contributed by atoms with Crippen LogP contribution in [0.3, 0.4) is 0 Å². The maximum Gasteiger partial charge on any atom is 0.490 e. The fraction of sp³-hybridized carbons (Fsp3) is 0.375. The summed E-state index contributed by atoms with van der Waals surface area (Å²) in [6, 6.07) is 7.24. The van der Waals surface area contributed by atoms with Gasteiger partial charge in [-0.1, -0.05) is 18.2 Å². The van der Waals surface area contributed by atoms with Crippen LogP contribution in [0.25, 0.3) is 10.9 Å². The van der Waals surface area contributed by atoms with Gasteiger partial charge in [0.05, 0.1) is 12.2 Å². The van der Waals surface area contributed by atoms with E-state index in [1.54, 1.807) is 16.7 Å². The van der Waals surface area contributed by atoms with Crippen LogP contribution in [0.5, 0.6) is 0 Å². The summed E-state index contributed by atoms with van der Waals surface area (Å²) in [5.41, 5.74) is 1.93. The summed E-state index contributed by atoms with van der Waals surface area (Å²) in [6.45, 7) is 1.77. The SMILES string of the molecule is CC(=O)Cn1c2c(c3ccccc31)CCNC2OC(=O)C(F)(F)F. The number of aromatic nitrogens is 1. The van der Waals surface area contributed by atoms with Crippen molar-refractivity contribution in [2.45, 2.75) is 32.3 Å². The molecule has 2 heterocycles. The highest BCUT2D eigenvalue weighted by Gasteiger charge is 2.43. The molecule has 1 N–H and O–H groups in total. The van der Waals surface area contributed by atoms with Crippen LogP contribution in [-0.4, -0.2) is 29.0 Å². The first-order valence-electron chi connectivity index (χ1n) is 7.39. The van der Waals surface area contributed by atoms with Gasteiger partial charge in [0, 0.05) is 17.4 Å². The first-order valence-corrected chi connectivity index (χ1v) is 7.39. The molecule has 8 heteroatoms. The van der Waals surface area contributed by atoms with Gasteiger partial charge in [0.2, 0.25) is 0 Å². The van der Waals surface area contributed by atoms with Crippen molar-refractivity contribution in [3.05, 3.63) is 35.5 Å². The Morgan fingerprint density at radius 1 is 1.33 bits per heavy atom. The maximum atomic E-state index is 12.5. The maximum absolute atomic E-state index is 12.5. The zero-order chi connectivity index (χ0) is 17.5. The lowest BCUT2D eigenvalue weighted by molar-refractivity contribution is -0.207. The molecule has 0 spiro atoms. The Labute approximate surface area is 135 Å². The van der Waals surface area contributed by atoms with E-state index in [1.165, 1.54) is 6.92 Å². The number of nitrogens with one attached hydrogen (secondary N) is 1. The predicted octanol–water partition coefficient (Wildman–Crippen LogP) is 2.48. The number of carbonyl (C=O) groups excluding carboxylic acids is 2. The number of halogens is 3. The van der Waals surface area contributed by atoms with Gasteiger partial charge in [-0.2, -0.15) is 13.2 Å². The topological polar surface area (TPSA) is 60.3 Å². The summed E-state index contributed by atoms with van der Waals surface area (Å²) in [5, 5.41) is 3.63. The highest BCUT2D eigenvalue weighted by Crippen LogP contribution is 2.35. The number of hydrogen-bond donors (Lipinski definition) is 1. The summed E-state index contributed by atoms with van der Waals surface area (Å²) in [7, 11) is 0. The van der Waals surface area contributed by atoms with Crippen molar-refractivity contribution in [1.82, 2.24) is 9.88 Å². The number of para-hydroxylation sites is 1. The van der Waals surface area contributed by atoms with Crippen LogP contribution in [-0.2, 0) is 27.3 Å². The second-order valence-electron chi connectivity index (χ2n) is 5.66. The quantitative estimate of drug-likeness (QED) is 0.872. The van der Waals surface area contributed by atoms with Crippen molar-refractivity contribution >= 4 is 22.7 Å². The molecule has 1 atom stereocenters. The fourth-order valence-electron chi connectivity index (χ4n) is 3.05. The molecule has 0 aliphatic carbocycles. The number of alkyl halides is 3. The smallest absolute Gasteiger partial charge is 0.434 e. The van der Waals surface area contributed by atoms with E-state index >= 15 is 0 Å². The first kappa shape index (κ1) is 16.5. The Bertz CT molecular complexity index is 811. The van der Waals surface area contributed by atoms with Crippen molar-refractivity contribution in [2.75, 3.05) is 6.54 Å². The Kier molecular flexibility index (Phi) is 4.08. The van der Waals surface area contributed by atoms with E-state index in [-0.39, 0.29) is 12.3 Å². The van der Waals surface area contributed by atoms with Gasteiger partial charge in [0.15, 0.2) is 6.23 Å². The minimum absolute atomic E-state index is 0.00239. The second-order valence-corrected chi connectivity index (χ2v) is 5.66. The molecule has 0 fully saturated rings. The third-order valence-corrected chi connectivity index (χ3v) is 3.91. The third-order valence-electron chi connectivity index (χ3n) is 3.91. The highest BCUT2D eigenvalue weighted by molar-refractivity contribution is 5.88. The Hall–Kier alpha value is -2.35. The molecule has 1 unspecified atom stereocenters. The molecule has 5 nitrogen and oxygen atoms in total. The number of esters is 1. The zero-order valence-electron chi connectivity index (χ0n) is 12.8. The van der Waals surface area contributed by atoms with Gasteiger partial charge in [-0.25, -0.2) is 4.79 Å². The molecule has 128 valence electrons. The molecular weight excluding hydrogens is 325 g/mol. The van der Waals surface area contributed by atoms with Gasteiger partial charge in [-0.05, 0) is 25.0 Å². The molecule has 24 heavy (non-hydrogen) atoms. The average molecular weight is 340 g/mol. The largest absolute Gasteiger partial charge is 0.490 e. The monoisotopic (exact) mass is 340 g/mol. The Morgan fingerprint density at radius 2 is 2.04 bits per heavy atom. The summed E-state index contributed by atoms with van der Waals surface area (Å²) in [4.78, 5) is 22.8. The lowest BCUT2D eigenvalue weighted by Crippen LogP contribution is -2.38. The van der Waals surface area contributed by atoms with Crippen LogP contribution in [0.4, 0.5) is 13.2 Å². The lowest BCUT2D eigenvalue weighted by Gasteiger charge is -2.26. The number of fused-ring (bicyclic) bond motifs is 3. The Morgan fingerprint density at radius 3 is 2.71 bits per heavy atom. The van der Waals surface area contributed by atoms with Crippen LogP contribution >= 0.6 is 0 Å². The van der Waals surface area contributed by atoms with Crippen LogP contribution in [0.15, 0.2) is 24.3 Å². The molecule has 0 amide bonds. The van der Waals surface area contributed by atoms with E-state index in [9.17, 15) is 22.8 Å². The third kappa shape index (κ3) is 2.89. The summed E-state index contributed by atoms with van der Waals surface area (Å²) in [6.07, 6.45) is -5.74. The number of nitrogens with zero attached hydrogens (tertiary/aromatic N) is 1. The van der Waals surface area contributed by atoms with Crippen molar-refractivity contribution in [1.29, 1.82) is 0 Å². The number of hydrogen-bond acceptors (Lipinski definition) is 4. The molecule has 0 bridgehead atoms. The van der Waals surface area contributed by atoms with Gasteiger partial charge >= 0.3 is 12.1 Å². The predicted molar refractivity (Wildman–Crippen MR) is 79.2 cm³/mol. The number of carbonyl (C=O) groups is 2. The van der Waals surface area contributed by atoms with E-state index in [4.69, 9.17) is 0 Å². The molecule has 1 aliphatic rings. The van der Waals surface area contributed by atoms with Gasteiger partial charge < -0.3 is 9.30 Å². The molecule has 0 saturated carbocycles. The van der Waals surface area contributed by atoms with Crippen molar-refractivity contribution in [2.24, 2.45) is 0 Å². The normalized spacial score (nSPS) is 17.6. The van der Waals surface area contributed by atoms with Crippen LogP contribution in [0, 0.1) is 0 Å². The standard InChI is InChI=1S/C16H15F3N2O3/c1-9(22)8-21-12-5-3-2-4-10(12)11-6-7-20-14(13(11)21)24-15(23)16(17,18)19/h2-5,14,20H,6-8H2,1H3. The van der Waals surface area contributed by atoms with Crippen LogP contribution < -0.4 is 5.32 Å². The Balaban J connectivity index is 2.11. The summed E-state index contributed by atoms with van der Waals surface area (Å²) in [5.74, 6) is -2.41. The van der Waals surface area contributed by atoms with Crippen LogP contribution in [0.1, 0.15) is 24.4 Å². The lowest BCUT2D eigenvalue weighted by atomic mass is 10.0. The highest BCUT2D eigenvalue weighted by atomic mass is 19.4. The first-order chi connectivity index (χ1) is 11.3. The minimum Gasteiger partial charge on any atom is -0.434 e. The number of Topliss-reactive ketones (excluding diaryl/α,β-unsaturated/α-hetero) is 1. The van der Waals surface area contributed by atoms with E-state index in [0.717, 1.165) is 16.5 Å². The molecule has 2 aromatic rings. The van der Waals surface area contributed by atoms with Gasteiger partial charge in [0.25, 0.3) is 0 Å². The van der Waals surface area contributed by atoms with E-state index < -0.39 is 18.4 Å². The van der Waals surface area contributed by atoms with Crippen molar-refractivity contribution in [3.8, 4) is 0 Å². The van der Waals surface area contributed by atoms with E-state index in [2.05, 4.69) is 10.1 Å². The number of rotatable bonds is 3.